The number of para-hydroxylation sites is 1. The van der Waals surface area contributed by atoms with E-state index >= 15 is 0 Å². The third-order valence-electron chi connectivity index (χ3n) is 2.75. The maximum atomic E-state index is 12.4. The number of hydrazine groups is 1. The van der Waals surface area contributed by atoms with Crippen LogP contribution in [0.2, 0.25) is 0 Å². The van der Waals surface area contributed by atoms with E-state index < -0.39 is 17.6 Å². The van der Waals surface area contributed by atoms with Gasteiger partial charge in [0.25, 0.3) is 5.91 Å². The van der Waals surface area contributed by atoms with Gasteiger partial charge in [-0.15, -0.1) is 0 Å². The summed E-state index contributed by atoms with van der Waals surface area (Å²) in [5, 5.41) is 0. The zero-order valence-electron chi connectivity index (χ0n) is 11.4. The third-order valence-corrected chi connectivity index (χ3v) is 2.75. The number of hydrogen-bond donors (Lipinski definition) is 2. The lowest BCUT2D eigenvalue weighted by atomic mass is 10.2. The van der Waals surface area contributed by atoms with Crippen molar-refractivity contribution in [2.24, 2.45) is 0 Å². The standard InChI is InChI=1S/C14H12F3N3O2/c1-22-11-5-3-2-4-10(11)13(21)20-19-12-7-6-9(8-18-12)14(15,16)17/h2-8H,1H3,(H,18,19)(H,20,21). The summed E-state index contributed by atoms with van der Waals surface area (Å²) in [5.74, 6) is -0.0439. The summed E-state index contributed by atoms with van der Waals surface area (Å²) < 4.78 is 42.2. The molecule has 5 nitrogen and oxygen atoms in total. The van der Waals surface area contributed by atoms with E-state index in [9.17, 15) is 18.0 Å². The average Bonchev–Trinajstić information content (AvgIpc) is 2.52. The number of benzene rings is 1. The normalized spacial score (nSPS) is 10.9. The van der Waals surface area contributed by atoms with Gasteiger partial charge in [0.2, 0.25) is 0 Å². The number of aromatic nitrogens is 1. The highest BCUT2D eigenvalue weighted by Crippen LogP contribution is 2.28. The van der Waals surface area contributed by atoms with E-state index in [-0.39, 0.29) is 11.4 Å². The zero-order chi connectivity index (χ0) is 16.2. The Balaban J connectivity index is 2.02. The van der Waals surface area contributed by atoms with Gasteiger partial charge in [-0.2, -0.15) is 13.2 Å². The molecule has 116 valence electrons. The second-order valence-electron chi connectivity index (χ2n) is 4.21. The lowest BCUT2D eigenvalue weighted by Gasteiger charge is -2.11. The van der Waals surface area contributed by atoms with E-state index in [1.165, 1.54) is 7.11 Å². The Morgan fingerprint density at radius 3 is 2.50 bits per heavy atom. The molecule has 2 rings (SSSR count). The van der Waals surface area contributed by atoms with E-state index in [1.54, 1.807) is 24.3 Å². The minimum Gasteiger partial charge on any atom is -0.496 e. The number of carbonyl (C=O) groups excluding carboxylic acids is 1. The molecule has 0 fully saturated rings. The minimum atomic E-state index is -4.45. The topological polar surface area (TPSA) is 63.2 Å². The smallest absolute Gasteiger partial charge is 0.417 e. The number of nitrogens with zero attached hydrogens (tertiary/aromatic N) is 1. The van der Waals surface area contributed by atoms with Crippen LogP contribution < -0.4 is 15.6 Å². The van der Waals surface area contributed by atoms with Crippen molar-refractivity contribution < 1.29 is 22.7 Å². The predicted molar refractivity (Wildman–Crippen MR) is 73.3 cm³/mol. The molecule has 2 aromatic rings. The molecule has 0 bridgehead atoms. The van der Waals surface area contributed by atoms with Gasteiger partial charge in [0.05, 0.1) is 18.2 Å². The number of carbonyl (C=O) groups is 1. The van der Waals surface area contributed by atoms with Crippen molar-refractivity contribution in [3.05, 3.63) is 53.7 Å². The summed E-state index contributed by atoms with van der Waals surface area (Å²) in [4.78, 5) is 15.5. The lowest BCUT2D eigenvalue weighted by molar-refractivity contribution is -0.137. The summed E-state index contributed by atoms with van der Waals surface area (Å²) in [6, 6.07) is 8.52. The maximum absolute atomic E-state index is 12.4. The van der Waals surface area contributed by atoms with Crippen molar-refractivity contribution in [3.63, 3.8) is 0 Å². The first-order chi connectivity index (χ1) is 10.4. The highest BCUT2D eigenvalue weighted by molar-refractivity contribution is 5.97. The molecule has 0 saturated carbocycles. The number of methoxy groups -OCH3 is 1. The van der Waals surface area contributed by atoms with E-state index in [1.807, 2.05) is 0 Å². The molecule has 1 aromatic carbocycles. The van der Waals surface area contributed by atoms with E-state index in [4.69, 9.17) is 4.74 Å². The van der Waals surface area contributed by atoms with Crippen LogP contribution in [0.3, 0.4) is 0 Å². The number of amides is 1. The van der Waals surface area contributed by atoms with Crippen LogP contribution in [0.5, 0.6) is 5.75 Å². The number of rotatable bonds is 4. The monoisotopic (exact) mass is 311 g/mol. The van der Waals surface area contributed by atoms with Gasteiger partial charge in [-0.05, 0) is 24.3 Å². The van der Waals surface area contributed by atoms with Crippen molar-refractivity contribution in [2.75, 3.05) is 12.5 Å². The van der Waals surface area contributed by atoms with Gasteiger partial charge in [-0.1, -0.05) is 12.1 Å². The van der Waals surface area contributed by atoms with Gasteiger partial charge >= 0.3 is 6.18 Å². The Kier molecular flexibility index (Phi) is 4.50. The summed E-state index contributed by atoms with van der Waals surface area (Å²) in [5.41, 5.74) is 4.19. The quantitative estimate of drug-likeness (QED) is 0.852. The molecule has 0 radical (unpaired) electrons. The highest BCUT2D eigenvalue weighted by Gasteiger charge is 2.30. The SMILES string of the molecule is COc1ccccc1C(=O)NNc1ccc(C(F)(F)F)cn1. The van der Waals surface area contributed by atoms with Crippen LogP contribution in [0.4, 0.5) is 19.0 Å². The second-order valence-corrected chi connectivity index (χ2v) is 4.21. The van der Waals surface area contributed by atoms with Gasteiger partial charge in [0, 0.05) is 6.20 Å². The second kappa shape index (κ2) is 6.33. The first kappa shape index (κ1) is 15.6. The maximum Gasteiger partial charge on any atom is 0.417 e. The van der Waals surface area contributed by atoms with Crippen molar-refractivity contribution in [1.82, 2.24) is 10.4 Å². The Morgan fingerprint density at radius 1 is 1.18 bits per heavy atom. The number of hydrogen-bond acceptors (Lipinski definition) is 4. The first-order valence-electron chi connectivity index (χ1n) is 6.14. The largest absolute Gasteiger partial charge is 0.496 e. The fraction of sp³-hybridized carbons (Fsp3) is 0.143. The fourth-order valence-corrected chi connectivity index (χ4v) is 1.66. The number of nitrogens with one attached hydrogen (secondary N) is 2. The molecular formula is C14H12F3N3O2. The van der Waals surface area contributed by atoms with Crippen LogP contribution in [0.15, 0.2) is 42.6 Å². The van der Waals surface area contributed by atoms with Gasteiger partial charge in [-0.25, -0.2) is 4.98 Å². The molecule has 2 N–H and O–H groups in total. The summed E-state index contributed by atoms with van der Waals surface area (Å²) in [6.07, 6.45) is -3.77. The van der Waals surface area contributed by atoms with Gasteiger partial charge in [-0.3, -0.25) is 15.6 Å². The van der Waals surface area contributed by atoms with Gasteiger partial charge in [0.15, 0.2) is 0 Å². The molecule has 0 aliphatic heterocycles. The van der Waals surface area contributed by atoms with Crippen molar-refractivity contribution in [2.45, 2.75) is 6.18 Å². The lowest BCUT2D eigenvalue weighted by Crippen LogP contribution is -2.30. The van der Waals surface area contributed by atoms with Crippen LogP contribution in [0.1, 0.15) is 15.9 Å². The van der Waals surface area contributed by atoms with Crippen molar-refractivity contribution in [1.29, 1.82) is 0 Å². The molecule has 0 saturated heterocycles. The highest BCUT2D eigenvalue weighted by atomic mass is 19.4. The summed E-state index contributed by atoms with van der Waals surface area (Å²) in [7, 11) is 1.43. The Morgan fingerprint density at radius 2 is 1.91 bits per heavy atom. The predicted octanol–water partition coefficient (Wildman–Crippen LogP) is 2.87. The van der Waals surface area contributed by atoms with Crippen LogP contribution in [0, 0.1) is 0 Å². The number of anilines is 1. The fourth-order valence-electron chi connectivity index (χ4n) is 1.66. The van der Waals surface area contributed by atoms with Crippen molar-refractivity contribution >= 4 is 11.7 Å². The van der Waals surface area contributed by atoms with Crippen molar-refractivity contribution in [3.8, 4) is 5.75 Å². The molecule has 8 heteroatoms. The Labute approximate surface area is 124 Å². The number of ether oxygens (including phenoxy) is 1. The number of alkyl halides is 3. The van der Waals surface area contributed by atoms with E-state index in [0.717, 1.165) is 12.1 Å². The van der Waals surface area contributed by atoms with Gasteiger partial charge < -0.3 is 4.74 Å². The van der Waals surface area contributed by atoms with Gasteiger partial charge in [0.1, 0.15) is 11.6 Å². The average molecular weight is 311 g/mol. The third kappa shape index (κ3) is 3.66. The number of pyridine rings is 1. The molecule has 0 spiro atoms. The van der Waals surface area contributed by atoms with E-state index in [2.05, 4.69) is 15.8 Å². The summed E-state index contributed by atoms with van der Waals surface area (Å²) in [6.45, 7) is 0. The van der Waals surface area contributed by atoms with Crippen LogP contribution in [-0.2, 0) is 6.18 Å². The van der Waals surface area contributed by atoms with E-state index in [0.29, 0.717) is 11.9 Å². The molecule has 0 unspecified atom stereocenters. The molecule has 1 amide bonds. The zero-order valence-corrected chi connectivity index (χ0v) is 11.4. The molecular weight excluding hydrogens is 299 g/mol. The molecule has 22 heavy (non-hydrogen) atoms. The molecule has 1 heterocycles. The van der Waals surface area contributed by atoms with Crippen LogP contribution in [0.25, 0.3) is 0 Å². The molecule has 0 aliphatic carbocycles. The minimum absolute atomic E-state index is 0.0799. The van der Waals surface area contributed by atoms with Crippen LogP contribution >= 0.6 is 0 Å². The van der Waals surface area contributed by atoms with Crippen LogP contribution in [-0.4, -0.2) is 18.0 Å². The molecule has 0 aliphatic rings. The first-order valence-corrected chi connectivity index (χ1v) is 6.14. The molecule has 1 aromatic heterocycles. The number of halogens is 3. The summed E-state index contributed by atoms with van der Waals surface area (Å²) >= 11 is 0. The Hall–Kier alpha value is -2.77. The Bertz CT molecular complexity index is 657. The molecule has 0 atom stereocenters.